The van der Waals surface area contributed by atoms with Crippen LogP contribution < -0.4 is 5.32 Å². The van der Waals surface area contributed by atoms with E-state index in [1.165, 1.54) is 16.4 Å². The van der Waals surface area contributed by atoms with E-state index in [9.17, 15) is 18.5 Å². The number of benzene rings is 2. The van der Waals surface area contributed by atoms with Crippen molar-refractivity contribution in [3.05, 3.63) is 65.7 Å². The SMILES string of the molecule is N#Cc1ccccc1S(=O)(=O)N1CCC(C(=O)N[C@@H](c2ccccc2)C2CC2)CC1. The van der Waals surface area contributed by atoms with Crippen molar-refractivity contribution >= 4 is 15.9 Å². The average Bonchev–Trinajstić information content (AvgIpc) is 3.63. The smallest absolute Gasteiger partial charge is 0.244 e. The van der Waals surface area contributed by atoms with Gasteiger partial charge >= 0.3 is 0 Å². The summed E-state index contributed by atoms with van der Waals surface area (Å²) in [6, 6.07) is 18.3. The standard InChI is InChI=1S/C23H25N3O3S/c24-16-20-8-4-5-9-21(20)30(28,29)26-14-12-19(13-15-26)23(27)25-22(18-10-11-18)17-6-2-1-3-7-17/h1-9,18-19,22H,10-15H2,(H,25,27)/t22-/m0/s1. The Labute approximate surface area is 177 Å². The van der Waals surface area contributed by atoms with E-state index in [-0.39, 0.29) is 41.4 Å². The van der Waals surface area contributed by atoms with Crippen LogP contribution in [0.5, 0.6) is 0 Å². The molecule has 156 valence electrons. The van der Waals surface area contributed by atoms with Gasteiger partial charge in [0.05, 0.1) is 16.5 Å². The van der Waals surface area contributed by atoms with Gasteiger partial charge in [-0.3, -0.25) is 4.79 Å². The lowest BCUT2D eigenvalue weighted by Gasteiger charge is -2.31. The van der Waals surface area contributed by atoms with E-state index in [1.807, 2.05) is 36.4 Å². The predicted octanol–water partition coefficient (Wildman–Crippen LogP) is 3.23. The lowest BCUT2D eigenvalue weighted by atomic mass is 9.95. The number of piperidine rings is 1. The van der Waals surface area contributed by atoms with Gasteiger partial charge in [-0.2, -0.15) is 9.57 Å². The zero-order valence-corrected chi connectivity index (χ0v) is 17.5. The molecule has 30 heavy (non-hydrogen) atoms. The lowest BCUT2D eigenvalue weighted by molar-refractivity contribution is -0.127. The number of carbonyl (C=O) groups excluding carboxylic acids is 1. The first-order chi connectivity index (χ1) is 14.5. The van der Waals surface area contributed by atoms with E-state index in [0.717, 1.165) is 18.4 Å². The summed E-state index contributed by atoms with van der Waals surface area (Å²) in [6.45, 7) is 0.555. The molecule has 2 fully saturated rings. The molecule has 4 rings (SSSR count). The fourth-order valence-electron chi connectivity index (χ4n) is 4.12. The van der Waals surface area contributed by atoms with Crippen molar-refractivity contribution in [3.63, 3.8) is 0 Å². The van der Waals surface area contributed by atoms with Gasteiger partial charge in [-0.15, -0.1) is 0 Å². The predicted molar refractivity (Wildman–Crippen MR) is 113 cm³/mol. The van der Waals surface area contributed by atoms with Crippen LogP contribution in [0.1, 0.15) is 42.9 Å². The second-order valence-electron chi connectivity index (χ2n) is 8.02. The lowest BCUT2D eigenvalue weighted by Crippen LogP contribution is -2.44. The number of rotatable bonds is 6. The highest BCUT2D eigenvalue weighted by molar-refractivity contribution is 7.89. The summed E-state index contributed by atoms with van der Waals surface area (Å²) in [4.78, 5) is 13.0. The fraction of sp³-hybridized carbons (Fsp3) is 0.391. The van der Waals surface area contributed by atoms with Crippen LogP contribution in [0.25, 0.3) is 0 Å². The minimum absolute atomic E-state index is 0.00484. The van der Waals surface area contributed by atoms with Crippen molar-refractivity contribution in [1.82, 2.24) is 9.62 Å². The second-order valence-corrected chi connectivity index (χ2v) is 9.93. The van der Waals surface area contributed by atoms with Crippen LogP contribution in [0.3, 0.4) is 0 Å². The van der Waals surface area contributed by atoms with Crippen LogP contribution in [-0.2, 0) is 14.8 Å². The average molecular weight is 424 g/mol. The zero-order valence-electron chi connectivity index (χ0n) is 16.7. The fourth-order valence-corrected chi connectivity index (χ4v) is 5.73. The Morgan fingerprint density at radius 1 is 1.00 bits per heavy atom. The molecule has 1 aliphatic heterocycles. The first-order valence-electron chi connectivity index (χ1n) is 10.4. The number of hydrogen-bond donors (Lipinski definition) is 1. The topological polar surface area (TPSA) is 90.3 Å². The van der Waals surface area contributed by atoms with Crippen LogP contribution >= 0.6 is 0 Å². The molecular weight excluding hydrogens is 398 g/mol. The minimum Gasteiger partial charge on any atom is -0.349 e. The molecule has 2 aliphatic rings. The van der Waals surface area contributed by atoms with Gasteiger partial charge in [0.2, 0.25) is 15.9 Å². The maximum Gasteiger partial charge on any atom is 0.244 e. The summed E-state index contributed by atoms with van der Waals surface area (Å²) in [5.41, 5.74) is 1.27. The van der Waals surface area contributed by atoms with Crippen LogP contribution in [0, 0.1) is 23.2 Å². The molecule has 6 nitrogen and oxygen atoms in total. The highest BCUT2D eigenvalue weighted by Gasteiger charge is 2.37. The third-order valence-electron chi connectivity index (χ3n) is 6.00. The highest BCUT2D eigenvalue weighted by atomic mass is 32.2. The van der Waals surface area contributed by atoms with Gasteiger partial charge in [-0.05, 0) is 49.3 Å². The first-order valence-corrected chi connectivity index (χ1v) is 11.8. The normalized spacial score (nSPS) is 19.0. The van der Waals surface area contributed by atoms with Gasteiger partial charge in [-0.25, -0.2) is 8.42 Å². The summed E-state index contributed by atoms with van der Waals surface area (Å²) in [7, 11) is -3.74. The molecule has 1 aliphatic carbocycles. The molecule has 0 unspecified atom stereocenters. The Balaban J connectivity index is 1.40. The Hall–Kier alpha value is -2.69. The van der Waals surface area contributed by atoms with Crippen molar-refractivity contribution in [1.29, 1.82) is 5.26 Å². The van der Waals surface area contributed by atoms with Crippen molar-refractivity contribution in [2.45, 2.75) is 36.6 Å². The van der Waals surface area contributed by atoms with Gasteiger partial charge < -0.3 is 5.32 Å². The van der Waals surface area contributed by atoms with E-state index in [2.05, 4.69) is 5.32 Å². The van der Waals surface area contributed by atoms with Crippen LogP contribution in [-0.4, -0.2) is 31.7 Å². The number of nitrogens with zero attached hydrogens (tertiary/aromatic N) is 2. The van der Waals surface area contributed by atoms with E-state index in [0.29, 0.717) is 18.8 Å². The Morgan fingerprint density at radius 2 is 1.63 bits per heavy atom. The van der Waals surface area contributed by atoms with Gasteiger partial charge in [0.25, 0.3) is 0 Å². The van der Waals surface area contributed by atoms with Gasteiger partial charge in [-0.1, -0.05) is 42.5 Å². The molecule has 0 radical (unpaired) electrons. The molecule has 1 heterocycles. The Morgan fingerprint density at radius 3 is 2.27 bits per heavy atom. The Kier molecular flexibility index (Phi) is 5.89. The maximum absolute atomic E-state index is 13.0. The van der Waals surface area contributed by atoms with Crippen molar-refractivity contribution in [2.75, 3.05) is 13.1 Å². The third kappa shape index (κ3) is 4.25. The summed E-state index contributed by atoms with van der Waals surface area (Å²) in [5, 5.41) is 12.5. The van der Waals surface area contributed by atoms with Crippen LogP contribution in [0.4, 0.5) is 0 Å². The van der Waals surface area contributed by atoms with E-state index >= 15 is 0 Å². The molecule has 1 N–H and O–H groups in total. The molecule has 2 aromatic rings. The van der Waals surface area contributed by atoms with Gasteiger partial charge in [0.15, 0.2) is 0 Å². The summed E-state index contributed by atoms with van der Waals surface area (Å²) in [6.07, 6.45) is 3.20. The quantitative estimate of drug-likeness (QED) is 0.772. The third-order valence-corrected chi connectivity index (χ3v) is 7.96. The Bertz CT molecular complexity index is 1050. The molecule has 1 atom stereocenters. The molecule has 7 heteroatoms. The second kappa shape index (κ2) is 8.58. The molecule has 0 aromatic heterocycles. The molecule has 1 saturated carbocycles. The summed E-state index contributed by atoms with van der Waals surface area (Å²) in [5.74, 6) is 0.289. The largest absolute Gasteiger partial charge is 0.349 e. The summed E-state index contributed by atoms with van der Waals surface area (Å²) < 4.78 is 27.3. The van der Waals surface area contributed by atoms with Crippen LogP contribution in [0.15, 0.2) is 59.5 Å². The van der Waals surface area contributed by atoms with Gasteiger partial charge in [0.1, 0.15) is 6.07 Å². The molecular formula is C23H25N3O3S. The first kappa shape index (κ1) is 20.6. The number of sulfonamides is 1. The number of nitrogens with one attached hydrogen (secondary N) is 1. The molecule has 0 spiro atoms. The van der Waals surface area contributed by atoms with Crippen LogP contribution in [0.2, 0.25) is 0 Å². The summed E-state index contributed by atoms with van der Waals surface area (Å²) >= 11 is 0. The highest BCUT2D eigenvalue weighted by Crippen LogP contribution is 2.41. The minimum atomic E-state index is -3.74. The van der Waals surface area contributed by atoms with E-state index < -0.39 is 10.0 Å². The number of amides is 1. The number of carbonyl (C=O) groups is 1. The van der Waals surface area contributed by atoms with E-state index in [1.54, 1.807) is 12.1 Å². The molecule has 1 saturated heterocycles. The van der Waals surface area contributed by atoms with Gasteiger partial charge in [0, 0.05) is 19.0 Å². The van der Waals surface area contributed by atoms with Crippen molar-refractivity contribution in [3.8, 4) is 6.07 Å². The zero-order chi connectivity index (χ0) is 21.1. The number of hydrogen-bond acceptors (Lipinski definition) is 4. The number of nitriles is 1. The van der Waals surface area contributed by atoms with Crippen molar-refractivity contribution < 1.29 is 13.2 Å². The maximum atomic E-state index is 13.0. The molecule has 0 bridgehead atoms. The molecule has 2 aromatic carbocycles. The van der Waals surface area contributed by atoms with Crippen molar-refractivity contribution in [2.24, 2.45) is 11.8 Å². The monoisotopic (exact) mass is 423 g/mol. The molecule has 1 amide bonds. The van der Waals surface area contributed by atoms with E-state index in [4.69, 9.17) is 0 Å².